The van der Waals surface area contributed by atoms with Gasteiger partial charge in [-0.25, -0.2) is 0 Å². The Kier molecular flexibility index (Phi) is 5.90. The quantitative estimate of drug-likeness (QED) is 0.760. The minimum atomic E-state index is -4.49. The Morgan fingerprint density at radius 2 is 1.73 bits per heavy atom. The van der Waals surface area contributed by atoms with Gasteiger partial charge in [-0.05, 0) is 24.3 Å². The van der Waals surface area contributed by atoms with Gasteiger partial charge in [-0.1, -0.05) is 0 Å². The zero-order chi connectivity index (χ0) is 16.8. The Bertz CT molecular complexity index is 555. The van der Waals surface area contributed by atoms with Gasteiger partial charge in [0.1, 0.15) is 13.2 Å². The zero-order valence-electron chi connectivity index (χ0n) is 11.3. The molecule has 6 nitrogen and oxygen atoms in total. The first kappa shape index (κ1) is 17.5. The lowest BCUT2D eigenvalue weighted by molar-refractivity contribution is -0.143. The average Bonchev–Trinajstić information content (AvgIpc) is 2.43. The summed E-state index contributed by atoms with van der Waals surface area (Å²) >= 11 is 0. The second kappa shape index (κ2) is 7.43. The van der Waals surface area contributed by atoms with Crippen LogP contribution in [0.15, 0.2) is 24.3 Å². The summed E-state index contributed by atoms with van der Waals surface area (Å²) in [4.78, 5) is 33.2. The van der Waals surface area contributed by atoms with E-state index in [0.717, 1.165) is 24.3 Å². The van der Waals surface area contributed by atoms with Gasteiger partial charge in [0.2, 0.25) is 5.91 Å². The Morgan fingerprint density at radius 3 is 2.23 bits per heavy atom. The molecule has 0 radical (unpaired) electrons. The van der Waals surface area contributed by atoms with Crippen molar-refractivity contribution in [1.29, 1.82) is 0 Å². The highest BCUT2D eigenvalue weighted by Crippen LogP contribution is 2.28. The monoisotopic (exact) mass is 318 g/mol. The van der Waals surface area contributed by atoms with Gasteiger partial charge in [0, 0.05) is 5.56 Å². The minimum Gasteiger partial charge on any atom is -0.464 e. The average molecular weight is 318 g/mol. The molecule has 0 fully saturated rings. The standard InChI is InChI=1S/C13H13F3N2O4/c14-13(15,16)9-3-1-8(2-4-9)12(21)18-7-11(20)22-6-5-10(17)19/h1-4H,5-7H2,(H2,17,19)(H,18,21). The molecule has 0 aromatic heterocycles. The number of benzene rings is 1. The van der Waals surface area contributed by atoms with E-state index in [9.17, 15) is 27.6 Å². The number of carbonyl (C=O) groups excluding carboxylic acids is 3. The van der Waals surface area contributed by atoms with E-state index in [2.05, 4.69) is 10.1 Å². The summed E-state index contributed by atoms with van der Waals surface area (Å²) in [5, 5.41) is 2.18. The molecule has 0 aliphatic rings. The summed E-state index contributed by atoms with van der Waals surface area (Å²) in [6.07, 6.45) is -4.63. The SMILES string of the molecule is NC(=O)CCOC(=O)CNC(=O)c1ccc(C(F)(F)F)cc1. The molecule has 0 atom stereocenters. The van der Waals surface area contributed by atoms with Gasteiger partial charge in [-0.3, -0.25) is 14.4 Å². The molecule has 1 aromatic carbocycles. The van der Waals surface area contributed by atoms with Crippen LogP contribution in [0.25, 0.3) is 0 Å². The van der Waals surface area contributed by atoms with E-state index in [4.69, 9.17) is 5.73 Å². The maximum absolute atomic E-state index is 12.4. The van der Waals surface area contributed by atoms with E-state index in [0.29, 0.717) is 0 Å². The Labute approximate surface area is 123 Å². The van der Waals surface area contributed by atoms with Crippen molar-refractivity contribution in [3.8, 4) is 0 Å². The number of ether oxygens (including phenoxy) is 1. The highest BCUT2D eigenvalue weighted by Gasteiger charge is 2.30. The van der Waals surface area contributed by atoms with Crippen molar-refractivity contribution in [2.45, 2.75) is 12.6 Å². The third kappa shape index (κ3) is 5.81. The minimum absolute atomic E-state index is 0.0297. The second-order valence-electron chi connectivity index (χ2n) is 4.19. The van der Waals surface area contributed by atoms with Crippen LogP contribution in [0.4, 0.5) is 13.2 Å². The van der Waals surface area contributed by atoms with Gasteiger partial charge >= 0.3 is 12.1 Å². The molecule has 9 heteroatoms. The van der Waals surface area contributed by atoms with Gasteiger partial charge in [0.05, 0.1) is 12.0 Å². The fourth-order valence-electron chi connectivity index (χ4n) is 1.38. The summed E-state index contributed by atoms with van der Waals surface area (Å²) in [6.45, 7) is -0.678. The lowest BCUT2D eigenvalue weighted by atomic mass is 10.1. The van der Waals surface area contributed by atoms with Gasteiger partial charge in [-0.15, -0.1) is 0 Å². The largest absolute Gasteiger partial charge is 0.464 e. The van der Waals surface area contributed by atoms with Crippen molar-refractivity contribution in [1.82, 2.24) is 5.32 Å². The van der Waals surface area contributed by atoms with E-state index in [-0.39, 0.29) is 18.6 Å². The summed E-state index contributed by atoms with van der Waals surface area (Å²) in [6, 6.07) is 3.52. The van der Waals surface area contributed by atoms with Crippen molar-refractivity contribution in [3.63, 3.8) is 0 Å². The number of primary amides is 1. The van der Waals surface area contributed by atoms with Gasteiger partial charge in [-0.2, -0.15) is 13.2 Å². The first-order valence-electron chi connectivity index (χ1n) is 6.09. The summed E-state index contributed by atoms with van der Waals surface area (Å²) in [5.74, 6) is -2.15. The van der Waals surface area contributed by atoms with E-state index in [1.54, 1.807) is 0 Å². The van der Waals surface area contributed by atoms with Crippen molar-refractivity contribution < 1.29 is 32.3 Å². The highest BCUT2D eigenvalue weighted by molar-refractivity contribution is 5.95. The smallest absolute Gasteiger partial charge is 0.416 e. The number of alkyl halides is 3. The molecule has 3 N–H and O–H groups in total. The van der Waals surface area contributed by atoms with Crippen LogP contribution in [0.1, 0.15) is 22.3 Å². The zero-order valence-corrected chi connectivity index (χ0v) is 11.3. The van der Waals surface area contributed by atoms with Crippen LogP contribution in [-0.2, 0) is 20.5 Å². The molecule has 0 saturated carbocycles. The molecule has 1 aromatic rings. The molecule has 0 aliphatic heterocycles. The number of halogens is 3. The predicted molar refractivity (Wildman–Crippen MR) is 68.5 cm³/mol. The predicted octanol–water partition coefficient (Wildman–Crippen LogP) is 0.854. The molecule has 120 valence electrons. The van der Waals surface area contributed by atoms with Crippen LogP contribution in [0.3, 0.4) is 0 Å². The van der Waals surface area contributed by atoms with Crippen molar-refractivity contribution in [2.75, 3.05) is 13.2 Å². The van der Waals surface area contributed by atoms with Crippen LogP contribution < -0.4 is 11.1 Å². The lowest BCUT2D eigenvalue weighted by Crippen LogP contribution is -2.31. The molecule has 0 saturated heterocycles. The van der Waals surface area contributed by atoms with E-state index < -0.39 is 36.1 Å². The third-order valence-electron chi connectivity index (χ3n) is 2.48. The fraction of sp³-hybridized carbons (Fsp3) is 0.308. The molecule has 0 bridgehead atoms. The molecule has 0 spiro atoms. The van der Waals surface area contributed by atoms with Crippen LogP contribution in [0, 0.1) is 0 Å². The van der Waals surface area contributed by atoms with Crippen molar-refractivity contribution >= 4 is 17.8 Å². The Hall–Kier alpha value is -2.58. The highest BCUT2D eigenvalue weighted by atomic mass is 19.4. The van der Waals surface area contributed by atoms with Crippen LogP contribution in [0.5, 0.6) is 0 Å². The number of nitrogens with one attached hydrogen (secondary N) is 1. The number of esters is 1. The first-order valence-corrected chi connectivity index (χ1v) is 6.09. The molecule has 1 rings (SSSR count). The maximum atomic E-state index is 12.4. The number of nitrogens with two attached hydrogens (primary N) is 1. The number of hydrogen-bond donors (Lipinski definition) is 2. The third-order valence-corrected chi connectivity index (χ3v) is 2.48. The van der Waals surface area contributed by atoms with E-state index in [1.165, 1.54) is 0 Å². The van der Waals surface area contributed by atoms with Crippen LogP contribution in [0.2, 0.25) is 0 Å². The number of carbonyl (C=O) groups is 3. The summed E-state index contributed by atoms with van der Waals surface area (Å²) < 4.78 is 41.7. The number of amides is 2. The van der Waals surface area contributed by atoms with Gasteiger partial charge in [0.25, 0.3) is 5.91 Å². The number of rotatable bonds is 6. The topological polar surface area (TPSA) is 98.5 Å². The number of hydrogen-bond acceptors (Lipinski definition) is 4. The summed E-state index contributed by atoms with van der Waals surface area (Å²) in [5.41, 5.74) is 3.93. The molecule has 2 amide bonds. The second-order valence-corrected chi connectivity index (χ2v) is 4.19. The fourth-order valence-corrected chi connectivity index (χ4v) is 1.38. The Balaban J connectivity index is 2.45. The van der Waals surface area contributed by atoms with E-state index in [1.807, 2.05) is 0 Å². The summed E-state index contributed by atoms with van der Waals surface area (Å²) in [7, 11) is 0. The molecule has 0 heterocycles. The maximum Gasteiger partial charge on any atom is 0.416 e. The Morgan fingerprint density at radius 1 is 1.14 bits per heavy atom. The van der Waals surface area contributed by atoms with Crippen molar-refractivity contribution in [3.05, 3.63) is 35.4 Å². The van der Waals surface area contributed by atoms with Gasteiger partial charge in [0.15, 0.2) is 0 Å². The van der Waals surface area contributed by atoms with Crippen molar-refractivity contribution in [2.24, 2.45) is 5.73 Å². The molecular formula is C13H13F3N2O4. The van der Waals surface area contributed by atoms with E-state index >= 15 is 0 Å². The van der Waals surface area contributed by atoms with Crippen LogP contribution >= 0.6 is 0 Å². The molecule has 0 unspecified atom stereocenters. The van der Waals surface area contributed by atoms with Crippen LogP contribution in [-0.4, -0.2) is 30.9 Å². The molecule has 0 aliphatic carbocycles. The lowest BCUT2D eigenvalue weighted by Gasteiger charge is -2.08. The first-order chi connectivity index (χ1) is 10.2. The van der Waals surface area contributed by atoms with Gasteiger partial charge < -0.3 is 15.8 Å². The normalized spacial score (nSPS) is 10.9. The molecular weight excluding hydrogens is 305 g/mol. The molecule has 22 heavy (non-hydrogen) atoms.